The van der Waals surface area contributed by atoms with Crippen LogP contribution in [0.25, 0.3) is 0 Å². The number of likely N-dealkylation sites (tertiary alicyclic amines) is 1. The van der Waals surface area contributed by atoms with E-state index < -0.39 is 5.82 Å². The van der Waals surface area contributed by atoms with E-state index in [0.29, 0.717) is 26.1 Å². The van der Waals surface area contributed by atoms with Crippen molar-refractivity contribution < 1.29 is 23.5 Å². The first kappa shape index (κ1) is 17.5. The summed E-state index contributed by atoms with van der Waals surface area (Å²) in [6.07, 6.45) is 1.46. The lowest BCUT2D eigenvalue weighted by Gasteiger charge is -2.31. The Balaban J connectivity index is 1.88. The molecule has 1 fully saturated rings. The zero-order valence-electron chi connectivity index (χ0n) is 12.9. The lowest BCUT2D eigenvalue weighted by molar-refractivity contribution is -0.151. The Morgan fingerprint density at radius 3 is 2.91 bits per heavy atom. The second-order valence-electron chi connectivity index (χ2n) is 5.29. The number of esters is 1. The van der Waals surface area contributed by atoms with E-state index in [2.05, 4.69) is 0 Å². The van der Waals surface area contributed by atoms with E-state index in [1.807, 2.05) is 0 Å². The van der Waals surface area contributed by atoms with Crippen molar-refractivity contribution in [3.63, 3.8) is 0 Å². The molecule has 0 spiro atoms. The molecule has 0 bridgehead atoms. The van der Waals surface area contributed by atoms with Crippen LogP contribution >= 0.6 is 11.6 Å². The molecule has 5 nitrogen and oxygen atoms in total. The summed E-state index contributed by atoms with van der Waals surface area (Å²) in [6, 6.07) is 3.71. The van der Waals surface area contributed by atoms with E-state index in [1.165, 1.54) is 12.1 Å². The highest BCUT2D eigenvalue weighted by molar-refractivity contribution is 6.32. The van der Waals surface area contributed by atoms with Crippen LogP contribution in [0.3, 0.4) is 0 Å². The Morgan fingerprint density at radius 1 is 1.43 bits per heavy atom. The number of halogens is 2. The van der Waals surface area contributed by atoms with Crippen LogP contribution < -0.4 is 4.74 Å². The van der Waals surface area contributed by atoms with Gasteiger partial charge in [0, 0.05) is 13.1 Å². The maximum absolute atomic E-state index is 13.0. The number of benzene rings is 1. The molecule has 0 unspecified atom stereocenters. The van der Waals surface area contributed by atoms with Gasteiger partial charge in [0.05, 0.1) is 17.5 Å². The van der Waals surface area contributed by atoms with Gasteiger partial charge < -0.3 is 14.4 Å². The number of nitrogens with zero attached hydrogens (tertiary/aromatic N) is 1. The molecule has 1 aliphatic heterocycles. The number of piperidine rings is 1. The zero-order chi connectivity index (χ0) is 16.8. The predicted molar refractivity (Wildman–Crippen MR) is 82.8 cm³/mol. The quantitative estimate of drug-likeness (QED) is 0.771. The van der Waals surface area contributed by atoms with Gasteiger partial charge in [-0.1, -0.05) is 11.6 Å². The minimum Gasteiger partial charge on any atom is -0.482 e. The molecule has 23 heavy (non-hydrogen) atoms. The Hall–Kier alpha value is -1.82. The number of hydrogen-bond acceptors (Lipinski definition) is 4. The lowest BCUT2D eigenvalue weighted by atomic mass is 9.98. The molecule has 0 aromatic heterocycles. The van der Waals surface area contributed by atoms with E-state index in [1.54, 1.807) is 11.8 Å². The molecule has 1 atom stereocenters. The van der Waals surface area contributed by atoms with Crippen molar-refractivity contribution in [1.29, 1.82) is 0 Å². The van der Waals surface area contributed by atoms with E-state index in [0.717, 1.165) is 12.5 Å². The molecule has 0 saturated carbocycles. The van der Waals surface area contributed by atoms with Crippen LogP contribution in [-0.2, 0) is 14.3 Å². The van der Waals surface area contributed by atoms with Crippen LogP contribution in [0.2, 0.25) is 5.02 Å². The summed E-state index contributed by atoms with van der Waals surface area (Å²) in [5.41, 5.74) is 0. The highest BCUT2D eigenvalue weighted by Gasteiger charge is 2.29. The highest BCUT2D eigenvalue weighted by atomic mass is 35.5. The summed E-state index contributed by atoms with van der Waals surface area (Å²) in [6.45, 7) is 2.79. The summed E-state index contributed by atoms with van der Waals surface area (Å²) in [7, 11) is 0. The van der Waals surface area contributed by atoms with Gasteiger partial charge in [-0.3, -0.25) is 9.59 Å². The summed E-state index contributed by atoms with van der Waals surface area (Å²) >= 11 is 5.85. The first-order valence-corrected chi connectivity index (χ1v) is 7.91. The monoisotopic (exact) mass is 343 g/mol. The number of hydrogen-bond donors (Lipinski definition) is 0. The van der Waals surface area contributed by atoms with Crippen molar-refractivity contribution in [2.75, 3.05) is 26.3 Å². The van der Waals surface area contributed by atoms with Gasteiger partial charge in [0.1, 0.15) is 11.6 Å². The fourth-order valence-electron chi connectivity index (χ4n) is 2.48. The SMILES string of the molecule is CCOC(=O)[C@H]1CCCN(C(=O)COc2ccc(F)cc2Cl)C1. The van der Waals surface area contributed by atoms with E-state index >= 15 is 0 Å². The number of carbonyl (C=O) groups excluding carboxylic acids is 2. The highest BCUT2D eigenvalue weighted by Crippen LogP contribution is 2.25. The molecule has 1 aromatic rings. The molecular weight excluding hydrogens is 325 g/mol. The van der Waals surface area contributed by atoms with Crippen LogP contribution in [0.1, 0.15) is 19.8 Å². The summed E-state index contributed by atoms with van der Waals surface area (Å²) in [5, 5.41) is 0.112. The minimum absolute atomic E-state index is 0.112. The van der Waals surface area contributed by atoms with Crippen LogP contribution in [0.4, 0.5) is 4.39 Å². The van der Waals surface area contributed by atoms with Gasteiger partial charge in [0.25, 0.3) is 5.91 Å². The number of amides is 1. The smallest absolute Gasteiger partial charge is 0.310 e. The molecule has 0 N–H and O–H groups in total. The van der Waals surface area contributed by atoms with E-state index in [9.17, 15) is 14.0 Å². The topological polar surface area (TPSA) is 55.8 Å². The molecule has 2 rings (SSSR count). The van der Waals surface area contributed by atoms with Crippen molar-refractivity contribution in [2.24, 2.45) is 5.92 Å². The number of ether oxygens (including phenoxy) is 2. The third-order valence-corrected chi connectivity index (χ3v) is 3.93. The van der Waals surface area contributed by atoms with Crippen LogP contribution in [-0.4, -0.2) is 43.1 Å². The Kier molecular flexibility index (Phi) is 6.21. The van der Waals surface area contributed by atoms with Crippen molar-refractivity contribution in [1.82, 2.24) is 4.90 Å². The Labute approximate surface area is 139 Å². The van der Waals surface area contributed by atoms with Gasteiger partial charge in [-0.25, -0.2) is 4.39 Å². The average Bonchev–Trinajstić information content (AvgIpc) is 2.54. The van der Waals surface area contributed by atoms with Crippen molar-refractivity contribution in [2.45, 2.75) is 19.8 Å². The van der Waals surface area contributed by atoms with Gasteiger partial charge in [0.2, 0.25) is 0 Å². The molecule has 1 amide bonds. The second-order valence-corrected chi connectivity index (χ2v) is 5.70. The van der Waals surface area contributed by atoms with Gasteiger partial charge in [0.15, 0.2) is 6.61 Å². The summed E-state index contributed by atoms with van der Waals surface area (Å²) in [5.74, 6) is -1.02. The molecule has 1 aromatic carbocycles. The molecule has 1 heterocycles. The molecule has 1 saturated heterocycles. The van der Waals surface area contributed by atoms with Crippen molar-refractivity contribution >= 4 is 23.5 Å². The predicted octanol–water partition coefficient (Wildman–Crippen LogP) is 2.66. The first-order chi connectivity index (χ1) is 11.0. The van der Waals surface area contributed by atoms with Gasteiger partial charge in [-0.05, 0) is 38.0 Å². The molecule has 0 aliphatic carbocycles. The normalized spacial score (nSPS) is 17.7. The van der Waals surface area contributed by atoms with Crippen LogP contribution in [0, 0.1) is 11.7 Å². The standard InChI is InChI=1S/C16H19ClFNO4/c1-2-22-16(21)11-4-3-7-19(9-11)15(20)10-23-14-6-5-12(18)8-13(14)17/h5-6,8,11H,2-4,7,9-10H2,1H3/t11-/m0/s1. The molecule has 7 heteroatoms. The maximum atomic E-state index is 13.0. The van der Waals surface area contributed by atoms with E-state index in [4.69, 9.17) is 21.1 Å². The second kappa shape index (κ2) is 8.15. The van der Waals surface area contributed by atoms with Gasteiger partial charge >= 0.3 is 5.97 Å². The average molecular weight is 344 g/mol. The minimum atomic E-state index is -0.470. The lowest BCUT2D eigenvalue weighted by Crippen LogP contribution is -2.44. The van der Waals surface area contributed by atoms with Crippen LogP contribution in [0.15, 0.2) is 18.2 Å². The number of carbonyl (C=O) groups is 2. The molecule has 1 aliphatic rings. The number of rotatable bonds is 5. The fourth-order valence-corrected chi connectivity index (χ4v) is 2.70. The van der Waals surface area contributed by atoms with Gasteiger partial charge in [-0.15, -0.1) is 0 Å². The third-order valence-electron chi connectivity index (χ3n) is 3.64. The Morgan fingerprint density at radius 2 is 2.22 bits per heavy atom. The first-order valence-electron chi connectivity index (χ1n) is 7.53. The van der Waals surface area contributed by atoms with E-state index in [-0.39, 0.29) is 35.2 Å². The van der Waals surface area contributed by atoms with Crippen molar-refractivity contribution in [3.05, 3.63) is 29.0 Å². The largest absolute Gasteiger partial charge is 0.482 e. The van der Waals surface area contributed by atoms with Crippen molar-refractivity contribution in [3.8, 4) is 5.75 Å². The maximum Gasteiger partial charge on any atom is 0.310 e. The van der Waals surface area contributed by atoms with Crippen LogP contribution in [0.5, 0.6) is 5.75 Å². The third kappa shape index (κ3) is 4.82. The fraction of sp³-hybridized carbons (Fsp3) is 0.500. The summed E-state index contributed by atoms with van der Waals surface area (Å²) in [4.78, 5) is 25.6. The molecule has 126 valence electrons. The summed E-state index contributed by atoms with van der Waals surface area (Å²) < 4.78 is 23.3. The van der Waals surface area contributed by atoms with Gasteiger partial charge in [-0.2, -0.15) is 0 Å². The molecule has 0 radical (unpaired) electrons. The molecular formula is C16H19ClFNO4. The zero-order valence-corrected chi connectivity index (χ0v) is 13.6. The Bertz CT molecular complexity index is 581.